The molecule has 0 N–H and O–H groups in total. The molecule has 33 heavy (non-hydrogen) atoms. The quantitative estimate of drug-likeness (QED) is 0.399. The Hall–Kier alpha value is -3.62. The molecule has 1 fully saturated rings. The molecule has 1 aliphatic carbocycles. The number of carbonyl (C=O) groups excluding carboxylic acids is 1. The number of pyridine rings is 2. The van der Waals surface area contributed by atoms with Crippen LogP contribution in [0.15, 0.2) is 48.9 Å². The lowest BCUT2D eigenvalue weighted by atomic mass is 9.82. The van der Waals surface area contributed by atoms with Crippen LogP contribution in [-0.2, 0) is 22.8 Å². The molecule has 0 atom stereocenters. The largest absolute Gasteiger partial charge is 0.474 e. The summed E-state index contributed by atoms with van der Waals surface area (Å²) in [4.78, 5) is 19.7. The van der Waals surface area contributed by atoms with Crippen LogP contribution in [0.2, 0.25) is 0 Å². The van der Waals surface area contributed by atoms with Crippen LogP contribution in [0.5, 0.6) is 5.88 Å². The van der Waals surface area contributed by atoms with Crippen molar-refractivity contribution in [2.45, 2.75) is 25.1 Å². The first kappa shape index (κ1) is 21.2. The van der Waals surface area contributed by atoms with Crippen molar-refractivity contribution in [2.24, 2.45) is 13.0 Å². The van der Waals surface area contributed by atoms with E-state index in [4.69, 9.17) is 4.74 Å². The first-order valence-electron chi connectivity index (χ1n) is 10.4. The highest BCUT2D eigenvalue weighted by molar-refractivity contribution is 6.08. The molecule has 9 heteroatoms. The van der Waals surface area contributed by atoms with Crippen LogP contribution in [0.25, 0.3) is 32.9 Å². The SMILES string of the molecule is COC(=O)C1CC(Oc2ncc(-c3ccc4c5cnccc5n(C)c4c3)cc2C(F)(F)F)C1. The molecule has 170 valence electrons. The Balaban J connectivity index is 1.49. The van der Waals surface area contributed by atoms with Crippen molar-refractivity contribution in [1.29, 1.82) is 0 Å². The van der Waals surface area contributed by atoms with Gasteiger partial charge in [0.2, 0.25) is 5.88 Å². The lowest BCUT2D eigenvalue weighted by molar-refractivity contribution is -0.153. The highest BCUT2D eigenvalue weighted by Crippen LogP contribution is 2.41. The zero-order valence-electron chi connectivity index (χ0n) is 17.9. The van der Waals surface area contributed by atoms with Crippen molar-refractivity contribution in [3.8, 4) is 17.0 Å². The van der Waals surface area contributed by atoms with E-state index >= 15 is 0 Å². The van der Waals surface area contributed by atoms with Gasteiger partial charge in [-0.25, -0.2) is 4.98 Å². The minimum atomic E-state index is -4.64. The van der Waals surface area contributed by atoms with E-state index in [1.54, 1.807) is 18.5 Å². The molecule has 3 aromatic heterocycles. The Kier molecular flexibility index (Phi) is 4.99. The Morgan fingerprint density at radius 1 is 1.06 bits per heavy atom. The number of ether oxygens (including phenoxy) is 2. The average Bonchev–Trinajstić information content (AvgIpc) is 3.06. The number of carbonyl (C=O) groups is 1. The second-order valence-electron chi connectivity index (χ2n) is 8.19. The summed E-state index contributed by atoms with van der Waals surface area (Å²) in [5, 5.41) is 1.95. The fraction of sp³-hybridized carbons (Fsp3) is 0.292. The summed E-state index contributed by atoms with van der Waals surface area (Å²) in [6, 6.07) is 8.47. The normalized spacial score (nSPS) is 18.3. The van der Waals surface area contributed by atoms with Gasteiger partial charge in [0, 0.05) is 47.5 Å². The van der Waals surface area contributed by atoms with Gasteiger partial charge in [-0.2, -0.15) is 13.2 Å². The summed E-state index contributed by atoms with van der Waals surface area (Å²) in [7, 11) is 3.19. The van der Waals surface area contributed by atoms with E-state index < -0.39 is 23.7 Å². The molecular weight excluding hydrogens is 435 g/mol. The van der Waals surface area contributed by atoms with Gasteiger partial charge < -0.3 is 14.0 Å². The monoisotopic (exact) mass is 455 g/mol. The molecular formula is C24H20F3N3O3. The van der Waals surface area contributed by atoms with E-state index in [2.05, 4.69) is 14.7 Å². The van der Waals surface area contributed by atoms with Crippen molar-refractivity contribution in [2.75, 3.05) is 7.11 Å². The number of rotatable bonds is 4. The van der Waals surface area contributed by atoms with Crippen LogP contribution in [0.1, 0.15) is 18.4 Å². The highest BCUT2D eigenvalue weighted by atomic mass is 19.4. The maximum absolute atomic E-state index is 13.8. The predicted octanol–water partition coefficient (Wildman–Crippen LogP) is 5.14. The molecule has 1 saturated carbocycles. The predicted molar refractivity (Wildman–Crippen MR) is 116 cm³/mol. The van der Waals surface area contributed by atoms with Crippen molar-refractivity contribution in [1.82, 2.24) is 14.5 Å². The second kappa shape index (κ2) is 7.75. The number of hydrogen-bond acceptors (Lipinski definition) is 5. The molecule has 5 rings (SSSR count). The van der Waals surface area contributed by atoms with E-state index in [-0.39, 0.29) is 11.9 Å². The fourth-order valence-electron chi connectivity index (χ4n) is 4.32. The van der Waals surface area contributed by atoms with E-state index in [0.717, 1.165) is 27.9 Å². The van der Waals surface area contributed by atoms with Gasteiger partial charge in [-0.05, 0) is 36.6 Å². The first-order valence-corrected chi connectivity index (χ1v) is 10.4. The van der Waals surface area contributed by atoms with Crippen molar-refractivity contribution < 1.29 is 27.4 Å². The van der Waals surface area contributed by atoms with Gasteiger partial charge in [-0.3, -0.25) is 9.78 Å². The Labute approximate surface area is 187 Å². The number of benzene rings is 1. The van der Waals surface area contributed by atoms with E-state index in [1.165, 1.54) is 13.3 Å². The zero-order chi connectivity index (χ0) is 23.3. The number of fused-ring (bicyclic) bond motifs is 3. The molecule has 1 aliphatic rings. The standard InChI is InChI=1S/C24H20F3N3O3/c1-30-20-5-6-28-12-18(20)17-4-3-13(10-21(17)30)15-9-19(24(25,26)27)22(29-11-15)33-16-7-14(8-16)23(31)32-2/h3-6,9-12,14,16H,7-8H2,1-2H3. The van der Waals surface area contributed by atoms with Crippen molar-refractivity contribution in [3.63, 3.8) is 0 Å². The molecule has 0 unspecified atom stereocenters. The number of esters is 1. The molecule has 0 radical (unpaired) electrons. The highest BCUT2D eigenvalue weighted by Gasteiger charge is 2.40. The molecule has 0 aliphatic heterocycles. The molecule has 1 aromatic carbocycles. The van der Waals surface area contributed by atoms with Gasteiger partial charge in [0.15, 0.2) is 0 Å². The summed E-state index contributed by atoms with van der Waals surface area (Å²) >= 11 is 0. The molecule has 0 bridgehead atoms. The summed E-state index contributed by atoms with van der Waals surface area (Å²) in [6.07, 6.45) is 0.328. The van der Waals surface area contributed by atoms with Crippen molar-refractivity contribution in [3.05, 3.63) is 54.5 Å². The molecule has 0 spiro atoms. The number of methoxy groups -OCH3 is 1. The number of alkyl halides is 3. The van der Waals surface area contributed by atoms with E-state index in [0.29, 0.717) is 24.0 Å². The lowest BCUT2D eigenvalue weighted by Crippen LogP contribution is -2.39. The molecule has 4 aromatic rings. The van der Waals surface area contributed by atoms with Crippen LogP contribution in [0.3, 0.4) is 0 Å². The van der Waals surface area contributed by atoms with Crippen LogP contribution in [-0.4, -0.2) is 33.7 Å². The van der Waals surface area contributed by atoms with Crippen LogP contribution in [0, 0.1) is 5.92 Å². The first-order chi connectivity index (χ1) is 15.8. The summed E-state index contributed by atoms with van der Waals surface area (Å²) in [5.41, 5.74) is 1.87. The summed E-state index contributed by atoms with van der Waals surface area (Å²) in [6.45, 7) is 0. The minimum Gasteiger partial charge on any atom is -0.474 e. The lowest BCUT2D eigenvalue weighted by Gasteiger charge is -2.33. The van der Waals surface area contributed by atoms with Gasteiger partial charge in [0.25, 0.3) is 0 Å². The maximum Gasteiger partial charge on any atom is 0.421 e. The Morgan fingerprint density at radius 3 is 2.58 bits per heavy atom. The van der Waals surface area contributed by atoms with Gasteiger partial charge in [-0.15, -0.1) is 0 Å². The van der Waals surface area contributed by atoms with Gasteiger partial charge in [0.1, 0.15) is 11.7 Å². The van der Waals surface area contributed by atoms with Gasteiger partial charge in [0.05, 0.1) is 18.5 Å². The minimum absolute atomic E-state index is 0.306. The molecule has 0 saturated heterocycles. The second-order valence-corrected chi connectivity index (χ2v) is 8.19. The Bertz CT molecular complexity index is 1370. The van der Waals surface area contributed by atoms with Crippen LogP contribution in [0.4, 0.5) is 13.2 Å². The molecule has 0 amide bonds. The van der Waals surface area contributed by atoms with Crippen molar-refractivity contribution >= 4 is 27.8 Å². The smallest absolute Gasteiger partial charge is 0.421 e. The van der Waals surface area contributed by atoms with Gasteiger partial charge >= 0.3 is 12.1 Å². The van der Waals surface area contributed by atoms with E-state index in [1.807, 2.05) is 29.8 Å². The molecule has 3 heterocycles. The van der Waals surface area contributed by atoms with E-state index in [9.17, 15) is 18.0 Å². The zero-order valence-corrected chi connectivity index (χ0v) is 17.9. The maximum atomic E-state index is 13.8. The average molecular weight is 455 g/mol. The third kappa shape index (κ3) is 3.67. The third-order valence-electron chi connectivity index (χ3n) is 6.21. The number of aromatic nitrogens is 3. The van der Waals surface area contributed by atoms with Crippen LogP contribution >= 0.6 is 0 Å². The molecule has 6 nitrogen and oxygen atoms in total. The summed E-state index contributed by atoms with van der Waals surface area (Å²) < 4.78 is 53.6. The van der Waals surface area contributed by atoms with Crippen LogP contribution < -0.4 is 4.74 Å². The summed E-state index contributed by atoms with van der Waals surface area (Å²) in [5.74, 6) is -1.21. The number of nitrogens with zero attached hydrogens (tertiary/aromatic N) is 3. The number of halogens is 3. The third-order valence-corrected chi connectivity index (χ3v) is 6.21. The fourth-order valence-corrected chi connectivity index (χ4v) is 4.32. The number of aryl methyl sites for hydroxylation is 1. The number of hydrogen-bond donors (Lipinski definition) is 0. The van der Waals surface area contributed by atoms with Gasteiger partial charge in [-0.1, -0.05) is 12.1 Å². The Morgan fingerprint density at radius 2 is 1.85 bits per heavy atom. The topological polar surface area (TPSA) is 66.2 Å².